The number of hydrogen-bond acceptors (Lipinski definition) is 5. The number of thiazole rings is 1. The van der Waals surface area contributed by atoms with Gasteiger partial charge in [0.2, 0.25) is 5.88 Å². The number of benzene rings is 1. The Hall–Kier alpha value is -2.27. The molecule has 166 valence electrons. The number of ether oxygens (including phenoxy) is 1. The normalized spacial score (nSPS) is 11.0. The second kappa shape index (κ2) is 13.2. The molecule has 0 amide bonds. The molecule has 2 heterocycles. The zero-order valence-electron chi connectivity index (χ0n) is 17.6. The zero-order chi connectivity index (χ0) is 21.2. The smallest absolute Gasteiger partial charge is 0.219 e. The summed E-state index contributed by atoms with van der Waals surface area (Å²) < 4.78 is 18.7. The first-order valence-electron chi connectivity index (χ1n) is 10.0. The molecule has 0 unspecified atom stereocenters. The molecule has 31 heavy (non-hydrogen) atoms. The summed E-state index contributed by atoms with van der Waals surface area (Å²) in [5, 5.41) is 7.74. The number of guanidine groups is 1. The standard InChI is InChI=1S/C22H26FN5OS.HI/c1-3-19-15-27-21(30-19)10-12-26-22(24-4-2)28-14-16-9-11-25-20(13-16)29-18-7-5-17(23)6-8-18;/h5-9,11,13,15H,3-4,10,12,14H2,1-2H3,(H2,24,26,28);1H. The van der Waals surface area contributed by atoms with Crippen LogP contribution in [-0.2, 0) is 19.4 Å². The van der Waals surface area contributed by atoms with Crippen LogP contribution in [0.15, 0.2) is 53.8 Å². The number of aryl methyl sites for hydroxylation is 1. The maximum Gasteiger partial charge on any atom is 0.219 e. The second-order valence-electron chi connectivity index (χ2n) is 6.50. The molecule has 0 radical (unpaired) electrons. The van der Waals surface area contributed by atoms with Crippen LogP contribution < -0.4 is 15.4 Å². The molecule has 0 saturated carbocycles. The van der Waals surface area contributed by atoms with E-state index in [9.17, 15) is 4.39 Å². The van der Waals surface area contributed by atoms with Crippen LogP contribution in [0.3, 0.4) is 0 Å². The molecule has 3 rings (SSSR count). The van der Waals surface area contributed by atoms with E-state index in [4.69, 9.17) is 4.74 Å². The number of nitrogens with one attached hydrogen (secondary N) is 2. The zero-order valence-corrected chi connectivity index (χ0v) is 20.7. The minimum Gasteiger partial charge on any atom is -0.439 e. The summed E-state index contributed by atoms with van der Waals surface area (Å²) in [6.45, 7) is 6.19. The van der Waals surface area contributed by atoms with E-state index in [0.29, 0.717) is 18.2 Å². The Balaban J connectivity index is 0.00000341. The van der Waals surface area contributed by atoms with Crippen molar-refractivity contribution in [2.45, 2.75) is 33.2 Å². The lowest BCUT2D eigenvalue weighted by Gasteiger charge is -2.11. The molecule has 2 N–H and O–H groups in total. The highest BCUT2D eigenvalue weighted by atomic mass is 127. The van der Waals surface area contributed by atoms with Crippen LogP contribution in [-0.4, -0.2) is 29.0 Å². The van der Waals surface area contributed by atoms with E-state index >= 15 is 0 Å². The molecule has 0 aliphatic heterocycles. The predicted molar refractivity (Wildman–Crippen MR) is 134 cm³/mol. The highest BCUT2D eigenvalue weighted by molar-refractivity contribution is 14.0. The first-order valence-corrected chi connectivity index (χ1v) is 10.8. The highest BCUT2D eigenvalue weighted by Crippen LogP contribution is 2.20. The molecule has 0 aliphatic carbocycles. The van der Waals surface area contributed by atoms with Gasteiger partial charge >= 0.3 is 0 Å². The summed E-state index contributed by atoms with van der Waals surface area (Å²) in [6.07, 6.45) is 5.51. The van der Waals surface area contributed by atoms with Crippen molar-refractivity contribution in [3.05, 3.63) is 70.1 Å². The van der Waals surface area contributed by atoms with Crippen molar-refractivity contribution in [3.8, 4) is 11.6 Å². The molecule has 6 nitrogen and oxygen atoms in total. The van der Waals surface area contributed by atoms with Crippen LogP contribution in [0.1, 0.15) is 29.3 Å². The van der Waals surface area contributed by atoms with Crippen molar-refractivity contribution in [2.75, 3.05) is 13.1 Å². The molecule has 0 aliphatic rings. The number of pyridine rings is 1. The SMILES string of the molecule is CCNC(=NCc1ccnc(Oc2ccc(F)cc2)c1)NCCc1ncc(CC)s1.I. The van der Waals surface area contributed by atoms with Gasteiger partial charge in [-0.25, -0.2) is 19.4 Å². The van der Waals surface area contributed by atoms with E-state index in [0.717, 1.165) is 42.5 Å². The molecule has 0 spiro atoms. The van der Waals surface area contributed by atoms with Crippen molar-refractivity contribution >= 4 is 41.3 Å². The number of aliphatic imine (C=N–C) groups is 1. The molecule has 0 saturated heterocycles. The van der Waals surface area contributed by atoms with Gasteiger partial charge in [-0.05, 0) is 49.2 Å². The number of hydrogen-bond donors (Lipinski definition) is 2. The Labute approximate surface area is 203 Å². The summed E-state index contributed by atoms with van der Waals surface area (Å²) in [7, 11) is 0. The molecule has 3 aromatic rings. The molecule has 0 fully saturated rings. The van der Waals surface area contributed by atoms with Crippen molar-refractivity contribution in [3.63, 3.8) is 0 Å². The minimum absolute atomic E-state index is 0. The first-order chi connectivity index (χ1) is 14.7. The van der Waals surface area contributed by atoms with Gasteiger partial charge in [-0.3, -0.25) is 0 Å². The van der Waals surface area contributed by atoms with Gasteiger partial charge in [0.1, 0.15) is 11.6 Å². The fraction of sp³-hybridized carbons (Fsp3) is 0.318. The lowest BCUT2D eigenvalue weighted by molar-refractivity contribution is 0.460. The summed E-state index contributed by atoms with van der Waals surface area (Å²) >= 11 is 1.76. The van der Waals surface area contributed by atoms with Crippen molar-refractivity contribution in [1.29, 1.82) is 0 Å². The minimum atomic E-state index is -0.303. The van der Waals surface area contributed by atoms with Gasteiger partial charge in [-0.1, -0.05) is 6.92 Å². The molecule has 9 heteroatoms. The summed E-state index contributed by atoms with van der Waals surface area (Å²) in [6, 6.07) is 9.58. The van der Waals surface area contributed by atoms with Gasteiger partial charge in [0.25, 0.3) is 0 Å². The van der Waals surface area contributed by atoms with Crippen molar-refractivity contribution in [1.82, 2.24) is 20.6 Å². The summed E-state index contributed by atoms with van der Waals surface area (Å²) in [5.41, 5.74) is 0.965. The third-order valence-electron chi connectivity index (χ3n) is 4.18. The highest BCUT2D eigenvalue weighted by Gasteiger charge is 2.04. The van der Waals surface area contributed by atoms with Crippen LogP contribution >= 0.6 is 35.3 Å². The van der Waals surface area contributed by atoms with Gasteiger partial charge < -0.3 is 15.4 Å². The number of aromatic nitrogens is 2. The molecule has 2 aromatic heterocycles. The Bertz CT molecular complexity index is 965. The van der Waals surface area contributed by atoms with Crippen LogP contribution in [0.5, 0.6) is 11.6 Å². The summed E-state index contributed by atoms with van der Waals surface area (Å²) in [4.78, 5) is 14.6. The molecule has 0 bridgehead atoms. The third kappa shape index (κ3) is 8.41. The Kier molecular flexibility index (Phi) is 10.6. The van der Waals surface area contributed by atoms with E-state index in [2.05, 4.69) is 32.5 Å². The van der Waals surface area contributed by atoms with Gasteiger partial charge in [-0.15, -0.1) is 35.3 Å². The van der Waals surface area contributed by atoms with Crippen LogP contribution in [0.4, 0.5) is 4.39 Å². The average Bonchev–Trinajstić information content (AvgIpc) is 3.22. The van der Waals surface area contributed by atoms with E-state index in [1.165, 1.54) is 17.0 Å². The molecule has 1 aromatic carbocycles. The number of halogens is 2. The molecular formula is C22H27FIN5OS. The van der Waals surface area contributed by atoms with Gasteiger partial charge in [-0.2, -0.15) is 0 Å². The fourth-order valence-corrected chi connectivity index (χ4v) is 3.52. The van der Waals surface area contributed by atoms with Crippen molar-refractivity contribution < 1.29 is 9.13 Å². The number of rotatable bonds is 9. The van der Waals surface area contributed by atoms with E-state index in [1.54, 1.807) is 29.7 Å². The van der Waals surface area contributed by atoms with Crippen LogP contribution in [0, 0.1) is 5.82 Å². The van der Waals surface area contributed by atoms with Gasteiger partial charge in [0, 0.05) is 42.8 Å². The topological polar surface area (TPSA) is 71.4 Å². The predicted octanol–water partition coefficient (Wildman–Crippen LogP) is 4.95. The molecule has 0 atom stereocenters. The quantitative estimate of drug-likeness (QED) is 0.222. The second-order valence-corrected chi connectivity index (χ2v) is 7.70. The van der Waals surface area contributed by atoms with Crippen LogP contribution in [0.2, 0.25) is 0 Å². The molecular weight excluding hydrogens is 528 g/mol. The average molecular weight is 555 g/mol. The van der Waals surface area contributed by atoms with E-state index in [1.807, 2.05) is 25.3 Å². The van der Waals surface area contributed by atoms with Gasteiger partial charge in [0.15, 0.2) is 5.96 Å². The summed E-state index contributed by atoms with van der Waals surface area (Å²) in [5.74, 6) is 1.43. The lowest BCUT2D eigenvalue weighted by Crippen LogP contribution is -2.38. The fourth-order valence-electron chi connectivity index (χ4n) is 2.65. The van der Waals surface area contributed by atoms with Crippen molar-refractivity contribution in [2.24, 2.45) is 4.99 Å². The maximum atomic E-state index is 13.0. The third-order valence-corrected chi connectivity index (χ3v) is 5.38. The Morgan fingerprint density at radius 3 is 2.65 bits per heavy atom. The largest absolute Gasteiger partial charge is 0.439 e. The van der Waals surface area contributed by atoms with E-state index in [-0.39, 0.29) is 29.8 Å². The monoisotopic (exact) mass is 555 g/mol. The Morgan fingerprint density at radius 2 is 1.94 bits per heavy atom. The van der Waals surface area contributed by atoms with E-state index < -0.39 is 0 Å². The van der Waals surface area contributed by atoms with Gasteiger partial charge in [0.05, 0.1) is 11.6 Å². The lowest BCUT2D eigenvalue weighted by atomic mass is 10.2. The first kappa shape index (κ1) is 25.0. The maximum absolute atomic E-state index is 13.0. The number of nitrogens with zero attached hydrogens (tertiary/aromatic N) is 3. The van der Waals surface area contributed by atoms with Crippen LogP contribution in [0.25, 0.3) is 0 Å². The Morgan fingerprint density at radius 1 is 1.13 bits per heavy atom.